The zero-order valence-corrected chi connectivity index (χ0v) is 13.8. The molecule has 116 valence electrons. The molecule has 2 rings (SSSR count). The molecule has 0 atom stereocenters. The highest BCUT2D eigenvalue weighted by Gasteiger charge is 2.14. The van der Waals surface area contributed by atoms with Crippen LogP contribution in [0, 0.1) is 5.82 Å². The number of likely N-dealkylation sites (N-methyl/N-ethyl adjacent to an activating group) is 1. The van der Waals surface area contributed by atoms with Crippen molar-refractivity contribution in [2.24, 2.45) is 0 Å². The molecule has 0 unspecified atom stereocenters. The largest absolute Gasteiger partial charge is 0.352 e. The highest BCUT2D eigenvalue weighted by Crippen LogP contribution is 2.17. The number of halogens is 2. The predicted octanol–water partition coefficient (Wildman–Crippen LogP) is 1.96. The van der Waals surface area contributed by atoms with E-state index in [-0.39, 0.29) is 5.91 Å². The summed E-state index contributed by atoms with van der Waals surface area (Å²) < 4.78 is 13.8. The Kier molecular flexibility index (Phi) is 6.14. The fraction of sp³-hybridized carbons (Fsp3) is 0.533. The van der Waals surface area contributed by atoms with Crippen molar-refractivity contribution in [2.75, 3.05) is 46.3 Å². The average Bonchev–Trinajstić information content (AvgIpc) is 2.47. The summed E-state index contributed by atoms with van der Waals surface area (Å²) in [6.07, 6.45) is 0.905. The van der Waals surface area contributed by atoms with Gasteiger partial charge in [0.1, 0.15) is 5.82 Å². The average molecular weight is 358 g/mol. The van der Waals surface area contributed by atoms with Gasteiger partial charge in [0.25, 0.3) is 5.91 Å². The minimum atomic E-state index is -0.402. The monoisotopic (exact) mass is 357 g/mol. The van der Waals surface area contributed by atoms with Gasteiger partial charge in [-0.05, 0) is 54.1 Å². The van der Waals surface area contributed by atoms with Crippen LogP contribution in [-0.4, -0.2) is 62.0 Å². The van der Waals surface area contributed by atoms with Crippen LogP contribution in [0.1, 0.15) is 16.8 Å². The normalized spacial score (nSPS) is 16.9. The molecule has 0 saturated carbocycles. The SMILES string of the molecule is CN1CCN(CCCNC(=O)c2cc(F)ccc2Br)CC1. The summed E-state index contributed by atoms with van der Waals surface area (Å²) >= 11 is 3.27. The molecule has 0 radical (unpaired) electrons. The van der Waals surface area contributed by atoms with Crippen molar-refractivity contribution in [3.8, 4) is 0 Å². The van der Waals surface area contributed by atoms with Crippen LogP contribution in [0.15, 0.2) is 22.7 Å². The Morgan fingerprint density at radius 1 is 1.33 bits per heavy atom. The Bertz CT molecular complexity index is 490. The van der Waals surface area contributed by atoms with Gasteiger partial charge in [-0.2, -0.15) is 0 Å². The molecule has 4 nitrogen and oxygen atoms in total. The van der Waals surface area contributed by atoms with Crippen molar-refractivity contribution in [3.05, 3.63) is 34.1 Å². The maximum Gasteiger partial charge on any atom is 0.252 e. The third-order valence-corrected chi connectivity index (χ3v) is 4.40. The molecule has 1 aliphatic rings. The second-order valence-electron chi connectivity index (χ2n) is 5.38. The van der Waals surface area contributed by atoms with Gasteiger partial charge in [0, 0.05) is 37.2 Å². The minimum Gasteiger partial charge on any atom is -0.352 e. The number of benzene rings is 1. The number of hydrogen-bond donors (Lipinski definition) is 1. The van der Waals surface area contributed by atoms with Crippen molar-refractivity contribution < 1.29 is 9.18 Å². The molecule has 21 heavy (non-hydrogen) atoms. The van der Waals surface area contributed by atoms with Crippen molar-refractivity contribution in [1.82, 2.24) is 15.1 Å². The molecular formula is C15H21BrFN3O. The van der Waals surface area contributed by atoms with Crippen LogP contribution in [-0.2, 0) is 0 Å². The Morgan fingerprint density at radius 2 is 2.05 bits per heavy atom. The maximum absolute atomic E-state index is 13.2. The van der Waals surface area contributed by atoms with E-state index in [1.807, 2.05) is 0 Å². The van der Waals surface area contributed by atoms with Crippen molar-refractivity contribution in [3.63, 3.8) is 0 Å². The van der Waals surface area contributed by atoms with Crippen LogP contribution in [0.2, 0.25) is 0 Å². The van der Waals surface area contributed by atoms with Crippen LogP contribution in [0.3, 0.4) is 0 Å². The van der Waals surface area contributed by atoms with Gasteiger partial charge in [0.05, 0.1) is 5.56 Å². The number of piperazine rings is 1. The Morgan fingerprint density at radius 3 is 2.76 bits per heavy atom. The summed E-state index contributed by atoms with van der Waals surface area (Å²) in [5.74, 6) is -0.638. The number of nitrogens with zero attached hydrogens (tertiary/aromatic N) is 2. The number of carbonyl (C=O) groups excluding carboxylic acids is 1. The molecule has 1 heterocycles. The van der Waals surface area contributed by atoms with Gasteiger partial charge in [0.15, 0.2) is 0 Å². The zero-order valence-electron chi connectivity index (χ0n) is 12.2. The number of carbonyl (C=O) groups is 1. The molecule has 6 heteroatoms. The van der Waals surface area contributed by atoms with Crippen LogP contribution in [0.25, 0.3) is 0 Å². The van der Waals surface area contributed by atoms with E-state index < -0.39 is 5.82 Å². The number of hydrogen-bond acceptors (Lipinski definition) is 3. The smallest absolute Gasteiger partial charge is 0.252 e. The third-order valence-electron chi connectivity index (χ3n) is 3.71. The second kappa shape index (κ2) is 7.87. The summed E-state index contributed by atoms with van der Waals surface area (Å²) in [6.45, 7) is 5.96. The summed E-state index contributed by atoms with van der Waals surface area (Å²) in [4.78, 5) is 16.7. The van der Waals surface area contributed by atoms with Gasteiger partial charge in [-0.3, -0.25) is 4.79 Å². The Hall–Kier alpha value is -0.980. The van der Waals surface area contributed by atoms with Crippen molar-refractivity contribution in [2.45, 2.75) is 6.42 Å². The van der Waals surface area contributed by atoms with Gasteiger partial charge in [-0.15, -0.1) is 0 Å². The lowest BCUT2D eigenvalue weighted by Gasteiger charge is -2.32. The summed E-state index contributed by atoms with van der Waals surface area (Å²) in [5, 5.41) is 2.84. The maximum atomic E-state index is 13.2. The molecule has 1 amide bonds. The quantitative estimate of drug-likeness (QED) is 0.818. The van der Waals surface area contributed by atoms with E-state index >= 15 is 0 Å². The van der Waals surface area contributed by atoms with E-state index in [9.17, 15) is 9.18 Å². The Balaban J connectivity index is 1.71. The third kappa shape index (κ3) is 5.05. The molecule has 1 aromatic carbocycles. The van der Waals surface area contributed by atoms with Crippen LogP contribution in [0.5, 0.6) is 0 Å². The van der Waals surface area contributed by atoms with E-state index in [4.69, 9.17) is 0 Å². The molecule has 0 bridgehead atoms. The summed E-state index contributed by atoms with van der Waals surface area (Å²) in [7, 11) is 2.13. The lowest BCUT2D eigenvalue weighted by atomic mass is 10.2. The molecule has 1 fully saturated rings. The first-order valence-electron chi connectivity index (χ1n) is 7.20. The lowest BCUT2D eigenvalue weighted by molar-refractivity contribution is 0.0948. The van der Waals surface area contributed by atoms with Gasteiger partial charge < -0.3 is 15.1 Å². The van der Waals surface area contributed by atoms with E-state index in [2.05, 4.69) is 38.1 Å². The molecule has 1 N–H and O–H groups in total. The van der Waals surface area contributed by atoms with Crippen molar-refractivity contribution >= 4 is 21.8 Å². The zero-order chi connectivity index (χ0) is 15.2. The van der Waals surface area contributed by atoms with Crippen LogP contribution >= 0.6 is 15.9 Å². The van der Waals surface area contributed by atoms with E-state index in [0.29, 0.717) is 16.6 Å². The first-order valence-corrected chi connectivity index (χ1v) is 8.00. The fourth-order valence-corrected chi connectivity index (χ4v) is 2.77. The summed E-state index contributed by atoms with van der Waals surface area (Å²) in [6, 6.07) is 4.13. The molecule has 0 aliphatic carbocycles. The van der Waals surface area contributed by atoms with Crippen molar-refractivity contribution in [1.29, 1.82) is 0 Å². The highest BCUT2D eigenvalue weighted by atomic mass is 79.9. The topological polar surface area (TPSA) is 35.6 Å². The van der Waals surface area contributed by atoms with E-state index in [0.717, 1.165) is 39.1 Å². The second-order valence-corrected chi connectivity index (χ2v) is 6.23. The number of rotatable bonds is 5. The Labute approximate surface area is 133 Å². The first-order chi connectivity index (χ1) is 10.1. The molecule has 1 saturated heterocycles. The van der Waals surface area contributed by atoms with Crippen LogP contribution < -0.4 is 5.32 Å². The fourth-order valence-electron chi connectivity index (χ4n) is 2.34. The van der Waals surface area contributed by atoms with E-state index in [1.54, 1.807) is 6.07 Å². The first kappa shape index (κ1) is 16.4. The molecule has 1 aromatic rings. The van der Waals surface area contributed by atoms with E-state index in [1.165, 1.54) is 12.1 Å². The van der Waals surface area contributed by atoms with Crippen LogP contribution in [0.4, 0.5) is 4.39 Å². The molecule has 1 aliphatic heterocycles. The van der Waals surface area contributed by atoms with Gasteiger partial charge in [0.2, 0.25) is 0 Å². The lowest BCUT2D eigenvalue weighted by Crippen LogP contribution is -2.45. The van der Waals surface area contributed by atoms with Gasteiger partial charge in [-0.25, -0.2) is 4.39 Å². The highest BCUT2D eigenvalue weighted by molar-refractivity contribution is 9.10. The summed E-state index contributed by atoms with van der Waals surface area (Å²) in [5.41, 5.74) is 0.342. The molecular weight excluding hydrogens is 337 g/mol. The van der Waals surface area contributed by atoms with Gasteiger partial charge in [-0.1, -0.05) is 0 Å². The molecule has 0 spiro atoms. The minimum absolute atomic E-state index is 0.236. The predicted molar refractivity (Wildman–Crippen MR) is 85.0 cm³/mol. The number of amides is 1. The molecule has 0 aromatic heterocycles. The number of nitrogens with one attached hydrogen (secondary N) is 1. The van der Waals surface area contributed by atoms with Gasteiger partial charge >= 0.3 is 0 Å². The standard InChI is InChI=1S/C15H21BrFN3O/c1-19-7-9-20(10-8-19)6-2-5-18-15(21)13-11-12(17)3-4-14(13)16/h3-4,11H,2,5-10H2,1H3,(H,18,21).